The SMILES string of the molecule is FC1(F)CCN(N2C=CC=CC2)CC1. The molecule has 14 heavy (non-hydrogen) atoms. The van der Waals surface area contributed by atoms with Crippen LogP contribution < -0.4 is 0 Å². The molecule has 0 unspecified atom stereocenters. The number of allylic oxidation sites excluding steroid dienone is 2. The number of alkyl halides is 2. The van der Waals surface area contributed by atoms with Crippen LogP contribution in [-0.4, -0.2) is 35.6 Å². The number of piperidine rings is 1. The van der Waals surface area contributed by atoms with E-state index in [4.69, 9.17) is 0 Å². The molecule has 0 aromatic heterocycles. The first-order valence-corrected chi connectivity index (χ1v) is 4.90. The van der Waals surface area contributed by atoms with E-state index < -0.39 is 5.92 Å². The Kier molecular flexibility index (Phi) is 2.54. The van der Waals surface area contributed by atoms with Crippen molar-refractivity contribution in [3.05, 3.63) is 24.4 Å². The molecule has 2 heterocycles. The summed E-state index contributed by atoms with van der Waals surface area (Å²) in [5.74, 6) is -2.45. The van der Waals surface area contributed by atoms with Gasteiger partial charge in [-0.15, -0.1) is 0 Å². The Morgan fingerprint density at radius 2 is 1.79 bits per heavy atom. The highest BCUT2D eigenvalue weighted by molar-refractivity contribution is 5.08. The van der Waals surface area contributed by atoms with Crippen LogP contribution in [0.3, 0.4) is 0 Å². The molecule has 78 valence electrons. The second kappa shape index (κ2) is 3.69. The normalized spacial score (nSPS) is 26.9. The maximum atomic E-state index is 12.9. The van der Waals surface area contributed by atoms with Crippen molar-refractivity contribution in [2.24, 2.45) is 0 Å². The quantitative estimate of drug-likeness (QED) is 0.639. The predicted octanol–water partition coefficient (Wildman–Crippen LogP) is 2.02. The van der Waals surface area contributed by atoms with Crippen LogP contribution in [-0.2, 0) is 0 Å². The molecule has 2 nitrogen and oxygen atoms in total. The highest BCUT2D eigenvalue weighted by Crippen LogP contribution is 2.28. The minimum Gasteiger partial charge on any atom is -0.309 e. The fourth-order valence-corrected chi connectivity index (χ4v) is 1.75. The molecule has 0 N–H and O–H groups in total. The second-order valence-electron chi connectivity index (χ2n) is 3.70. The Morgan fingerprint density at radius 1 is 1.07 bits per heavy atom. The first-order valence-electron chi connectivity index (χ1n) is 4.90. The molecule has 1 fully saturated rings. The first-order chi connectivity index (χ1) is 6.67. The lowest BCUT2D eigenvalue weighted by atomic mass is 10.1. The molecule has 2 aliphatic rings. The van der Waals surface area contributed by atoms with Gasteiger partial charge in [-0.05, 0) is 6.08 Å². The lowest BCUT2D eigenvalue weighted by molar-refractivity contribution is -0.0990. The van der Waals surface area contributed by atoms with Crippen LogP contribution in [0.15, 0.2) is 24.4 Å². The summed E-state index contributed by atoms with van der Waals surface area (Å²) >= 11 is 0. The maximum absolute atomic E-state index is 12.9. The van der Waals surface area contributed by atoms with Crippen molar-refractivity contribution >= 4 is 0 Å². The van der Waals surface area contributed by atoms with Gasteiger partial charge in [0, 0.05) is 32.1 Å². The first kappa shape index (κ1) is 9.65. The van der Waals surface area contributed by atoms with E-state index in [2.05, 4.69) is 0 Å². The topological polar surface area (TPSA) is 6.48 Å². The summed E-state index contributed by atoms with van der Waals surface area (Å²) < 4.78 is 25.7. The summed E-state index contributed by atoms with van der Waals surface area (Å²) in [6.45, 7) is 1.69. The van der Waals surface area contributed by atoms with Crippen molar-refractivity contribution in [2.45, 2.75) is 18.8 Å². The third-order valence-corrected chi connectivity index (χ3v) is 2.63. The van der Waals surface area contributed by atoms with E-state index >= 15 is 0 Å². The van der Waals surface area contributed by atoms with E-state index in [1.54, 1.807) is 0 Å². The van der Waals surface area contributed by atoms with Gasteiger partial charge in [-0.2, -0.15) is 0 Å². The standard InChI is InChI=1S/C10H14F2N2/c11-10(12)4-8-14(9-5-10)13-6-2-1-3-7-13/h1-3,6H,4-5,7-9H2. The van der Waals surface area contributed by atoms with Crippen molar-refractivity contribution in [3.8, 4) is 0 Å². The Bertz CT molecular complexity index is 251. The molecule has 4 heteroatoms. The summed E-state index contributed by atoms with van der Waals surface area (Å²) in [5, 5.41) is 3.98. The number of nitrogens with zero attached hydrogens (tertiary/aromatic N) is 2. The molecule has 0 radical (unpaired) electrons. The predicted molar refractivity (Wildman–Crippen MR) is 50.7 cm³/mol. The smallest absolute Gasteiger partial charge is 0.250 e. The minimum atomic E-state index is -2.45. The van der Waals surface area contributed by atoms with Gasteiger partial charge >= 0.3 is 0 Å². The zero-order valence-corrected chi connectivity index (χ0v) is 8.00. The number of hydrogen-bond acceptors (Lipinski definition) is 2. The van der Waals surface area contributed by atoms with Crippen molar-refractivity contribution in [2.75, 3.05) is 19.6 Å². The molecule has 0 atom stereocenters. The zero-order valence-electron chi connectivity index (χ0n) is 8.00. The third kappa shape index (κ3) is 2.12. The molecule has 0 bridgehead atoms. The van der Waals surface area contributed by atoms with Crippen molar-refractivity contribution in [3.63, 3.8) is 0 Å². The summed E-state index contributed by atoms with van der Waals surface area (Å²) in [6.07, 6.45) is 7.80. The summed E-state index contributed by atoms with van der Waals surface area (Å²) in [7, 11) is 0. The van der Waals surface area contributed by atoms with Crippen LogP contribution in [0.5, 0.6) is 0 Å². The van der Waals surface area contributed by atoms with E-state index in [0.717, 1.165) is 6.54 Å². The lowest BCUT2D eigenvalue weighted by Crippen LogP contribution is -2.47. The molecular weight excluding hydrogens is 186 g/mol. The zero-order chi connectivity index (χ0) is 10.0. The highest BCUT2D eigenvalue weighted by atomic mass is 19.3. The molecule has 0 aliphatic carbocycles. The molecule has 0 aromatic rings. The van der Waals surface area contributed by atoms with Crippen molar-refractivity contribution in [1.82, 2.24) is 10.0 Å². The largest absolute Gasteiger partial charge is 0.309 e. The summed E-state index contributed by atoms with van der Waals surface area (Å²) in [5.41, 5.74) is 0. The van der Waals surface area contributed by atoms with Crippen LogP contribution in [0.1, 0.15) is 12.8 Å². The molecule has 1 saturated heterocycles. The van der Waals surface area contributed by atoms with Gasteiger partial charge in [0.15, 0.2) is 0 Å². The molecule has 0 aromatic carbocycles. The van der Waals surface area contributed by atoms with E-state index in [0.29, 0.717) is 13.1 Å². The van der Waals surface area contributed by atoms with Gasteiger partial charge in [0.25, 0.3) is 5.92 Å². The van der Waals surface area contributed by atoms with E-state index in [-0.39, 0.29) is 12.8 Å². The van der Waals surface area contributed by atoms with Gasteiger partial charge in [-0.3, -0.25) is 0 Å². The van der Waals surface area contributed by atoms with Gasteiger partial charge in [0.1, 0.15) is 0 Å². The van der Waals surface area contributed by atoms with Gasteiger partial charge in [0.05, 0.1) is 6.54 Å². The molecule has 2 rings (SSSR count). The van der Waals surface area contributed by atoms with Crippen LogP contribution in [0.2, 0.25) is 0 Å². The molecule has 0 spiro atoms. The molecular formula is C10H14F2N2. The third-order valence-electron chi connectivity index (χ3n) is 2.63. The number of hydrazine groups is 1. The summed E-state index contributed by atoms with van der Waals surface area (Å²) in [4.78, 5) is 0. The van der Waals surface area contributed by atoms with Gasteiger partial charge in [-0.25, -0.2) is 13.8 Å². The molecule has 2 aliphatic heterocycles. The second-order valence-corrected chi connectivity index (χ2v) is 3.70. The Labute approximate surface area is 82.5 Å². The average molecular weight is 200 g/mol. The van der Waals surface area contributed by atoms with Crippen LogP contribution in [0, 0.1) is 0 Å². The number of hydrogen-bond donors (Lipinski definition) is 0. The molecule has 0 saturated carbocycles. The average Bonchev–Trinajstić information content (AvgIpc) is 2.19. The van der Waals surface area contributed by atoms with Gasteiger partial charge in [0.2, 0.25) is 0 Å². The fraction of sp³-hybridized carbons (Fsp3) is 0.600. The van der Waals surface area contributed by atoms with E-state index in [9.17, 15) is 8.78 Å². The molecule has 0 amide bonds. The maximum Gasteiger partial charge on any atom is 0.250 e. The van der Waals surface area contributed by atoms with Gasteiger partial charge < -0.3 is 5.01 Å². The number of halogens is 2. The van der Waals surface area contributed by atoms with E-state index in [1.165, 1.54) is 0 Å². The van der Waals surface area contributed by atoms with Crippen molar-refractivity contribution in [1.29, 1.82) is 0 Å². The monoisotopic (exact) mass is 200 g/mol. The van der Waals surface area contributed by atoms with E-state index in [1.807, 2.05) is 34.4 Å². The Balaban J connectivity index is 1.89. The van der Waals surface area contributed by atoms with Crippen LogP contribution in [0.25, 0.3) is 0 Å². The van der Waals surface area contributed by atoms with Gasteiger partial charge in [-0.1, -0.05) is 12.2 Å². The van der Waals surface area contributed by atoms with Crippen LogP contribution >= 0.6 is 0 Å². The summed E-state index contributed by atoms with van der Waals surface area (Å²) in [6, 6.07) is 0. The van der Waals surface area contributed by atoms with Crippen LogP contribution in [0.4, 0.5) is 8.78 Å². The van der Waals surface area contributed by atoms with Crippen molar-refractivity contribution < 1.29 is 8.78 Å². The lowest BCUT2D eigenvalue weighted by Gasteiger charge is -2.39. The Morgan fingerprint density at radius 3 is 2.36 bits per heavy atom. The number of rotatable bonds is 1. The Hall–Kier alpha value is -0.900. The minimum absolute atomic E-state index is 0.0267. The fourth-order valence-electron chi connectivity index (χ4n) is 1.75. The highest BCUT2D eigenvalue weighted by Gasteiger charge is 2.35.